The molecule has 2 aliphatic heterocycles. The van der Waals surface area contributed by atoms with Gasteiger partial charge in [0.25, 0.3) is 11.8 Å². The fourth-order valence-electron chi connectivity index (χ4n) is 5.40. The Hall–Kier alpha value is -4.07. The number of hydrogen-bond acceptors (Lipinski definition) is 7. The van der Waals surface area contributed by atoms with Crippen LogP contribution in [0.2, 0.25) is 5.15 Å². The van der Waals surface area contributed by atoms with E-state index < -0.39 is 40.7 Å². The second kappa shape index (κ2) is 12.4. The van der Waals surface area contributed by atoms with Crippen LogP contribution < -0.4 is 10.6 Å². The third kappa shape index (κ3) is 6.65. The molecule has 14 heteroatoms. The second-order valence-corrected chi connectivity index (χ2v) is 12.7. The molecule has 3 aromatic rings. The van der Waals surface area contributed by atoms with Crippen molar-refractivity contribution in [2.45, 2.75) is 51.5 Å². The van der Waals surface area contributed by atoms with Gasteiger partial charge in [-0.25, -0.2) is 18.6 Å². The van der Waals surface area contributed by atoms with Gasteiger partial charge in [-0.05, 0) is 50.6 Å². The second-order valence-electron chi connectivity index (χ2n) is 12.3. The van der Waals surface area contributed by atoms with E-state index in [0.717, 1.165) is 17.7 Å². The van der Waals surface area contributed by atoms with Gasteiger partial charge in [0, 0.05) is 57.1 Å². The fourth-order valence-corrected chi connectivity index (χ4v) is 5.76. The zero-order valence-electron chi connectivity index (χ0n) is 25.7. The summed E-state index contributed by atoms with van der Waals surface area (Å²) in [6.45, 7) is 6.45. The summed E-state index contributed by atoms with van der Waals surface area (Å²) in [5, 5.41) is 5.62. The summed E-state index contributed by atoms with van der Waals surface area (Å²) >= 11 is 6.61. The lowest BCUT2D eigenvalue weighted by Gasteiger charge is -2.52. The molecule has 0 atom stereocenters. The van der Waals surface area contributed by atoms with Crippen LogP contribution in [0.3, 0.4) is 0 Å². The van der Waals surface area contributed by atoms with Gasteiger partial charge in [0.05, 0.1) is 18.9 Å². The number of fused-ring (bicyclic) bond motifs is 2. The lowest BCUT2D eigenvalue weighted by Crippen LogP contribution is -2.63. The number of anilines is 1. The van der Waals surface area contributed by atoms with Crippen molar-refractivity contribution in [2.24, 2.45) is 0 Å². The maximum atomic E-state index is 15.1. The van der Waals surface area contributed by atoms with Gasteiger partial charge >= 0.3 is 6.09 Å². The molecule has 3 heterocycles. The SMILES string of the molecule is CN(C)C(=O)c1cc(F)c(CN2CCn3c(C(=O)NCc4ccc(NC(=O)OC(C)(C)C)cc4)nc(Cl)c3C23COC3)c(F)c1. The molecule has 45 heavy (non-hydrogen) atoms. The zero-order chi connectivity index (χ0) is 32.7. The Kier molecular flexibility index (Phi) is 8.89. The first-order chi connectivity index (χ1) is 21.2. The highest BCUT2D eigenvalue weighted by atomic mass is 35.5. The van der Waals surface area contributed by atoms with Crippen LogP contribution in [0, 0.1) is 11.6 Å². The van der Waals surface area contributed by atoms with Gasteiger partial charge in [-0.2, -0.15) is 0 Å². The molecule has 0 bridgehead atoms. The summed E-state index contributed by atoms with van der Waals surface area (Å²) in [4.78, 5) is 45.0. The van der Waals surface area contributed by atoms with Crippen molar-refractivity contribution in [2.75, 3.05) is 39.2 Å². The van der Waals surface area contributed by atoms with Crippen molar-refractivity contribution in [1.29, 1.82) is 0 Å². The number of aromatic nitrogens is 2. The number of ether oxygens (including phenoxy) is 2. The van der Waals surface area contributed by atoms with E-state index in [0.29, 0.717) is 24.5 Å². The topological polar surface area (TPSA) is 118 Å². The van der Waals surface area contributed by atoms with Gasteiger partial charge in [-0.15, -0.1) is 0 Å². The van der Waals surface area contributed by atoms with E-state index in [1.54, 1.807) is 49.6 Å². The first-order valence-electron chi connectivity index (χ1n) is 14.3. The minimum atomic E-state index is -0.838. The average Bonchev–Trinajstić information content (AvgIpc) is 3.28. The molecular formula is C31H35ClF2N6O5. The largest absolute Gasteiger partial charge is 0.444 e. The predicted molar refractivity (Wildman–Crippen MR) is 162 cm³/mol. The Labute approximate surface area is 264 Å². The minimum absolute atomic E-state index is 0.0794. The molecule has 0 radical (unpaired) electrons. The van der Waals surface area contributed by atoms with Gasteiger partial charge < -0.3 is 24.3 Å². The Morgan fingerprint density at radius 1 is 1.09 bits per heavy atom. The summed E-state index contributed by atoms with van der Waals surface area (Å²) < 4.78 is 42.8. The summed E-state index contributed by atoms with van der Waals surface area (Å²) in [5.74, 6) is -2.48. The Balaban J connectivity index is 1.29. The highest BCUT2D eigenvalue weighted by molar-refractivity contribution is 6.30. The van der Waals surface area contributed by atoms with E-state index in [2.05, 4.69) is 15.6 Å². The first-order valence-corrected chi connectivity index (χ1v) is 14.7. The molecule has 2 aliphatic rings. The maximum absolute atomic E-state index is 15.1. The highest BCUT2D eigenvalue weighted by Gasteiger charge is 2.52. The average molecular weight is 645 g/mol. The quantitative estimate of drug-likeness (QED) is 0.388. The highest BCUT2D eigenvalue weighted by Crippen LogP contribution is 2.43. The molecule has 11 nitrogen and oxygen atoms in total. The molecular weight excluding hydrogens is 610 g/mol. The molecule has 2 N–H and O–H groups in total. The number of nitrogens with one attached hydrogen (secondary N) is 2. The Bertz CT molecular complexity index is 1610. The molecule has 5 rings (SSSR count). The lowest BCUT2D eigenvalue weighted by molar-refractivity contribution is -0.163. The molecule has 240 valence electrons. The minimum Gasteiger partial charge on any atom is -0.444 e. The molecule has 3 amide bonds. The van der Waals surface area contributed by atoms with E-state index in [-0.39, 0.29) is 48.4 Å². The number of benzene rings is 2. The van der Waals surface area contributed by atoms with Crippen molar-refractivity contribution in [1.82, 2.24) is 24.7 Å². The monoisotopic (exact) mass is 644 g/mol. The predicted octanol–water partition coefficient (Wildman–Crippen LogP) is 4.53. The smallest absolute Gasteiger partial charge is 0.412 e. The number of carbonyl (C=O) groups is 3. The van der Waals surface area contributed by atoms with E-state index >= 15 is 8.78 Å². The van der Waals surface area contributed by atoms with Crippen LogP contribution in [0.5, 0.6) is 0 Å². The standard InChI is InChI=1S/C31H35ClF2N6O5/c1-30(2,3)45-29(43)36-20-8-6-18(7-9-20)14-35-27(41)26-37-25(32)24-31(16-44-17-31)39(10-11-40(24)26)15-21-22(33)12-19(13-23(21)34)28(42)38(4)5/h6-9,12-13H,10-11,14-17H2,1-5H3,(H,35,41)(H,36,43). The number of carbonyl (C=O) groups excluding carboxylic acids is 3. The van der Waals surface area contributed by atoms with Gasteiger partial charge in [-0.3, -0.25) is 19.8 Å². The van der Waals surface area contributed by atoms with Crippen LogP contribution in [-0.2, 0) is 34.6 Å². The van der Waals surface area contributed by atoms with Gasteiger partial charge in [0.2, 0.25) is 5.82 Å². The third-order valence-electron chi connectivity index (χ3n) is 7.64. The van der Waals surface area contributed by atoms with Crippen LogP contribution in [0.4, 0.5) is 19.3 Å². The summed E-state index contributed by atoms with van der Waals surface area (Å²) in [5.41, 5.74) is 0.161. The Morgan fingerprint density at radius 3 is 2.29 bits per heavy atom. The number of hydrogen-bond donors (Lipinski definition) is 2. The summed E-state index contributed by atoms with van der Waals surface area (Å²) in [7, 11) is 3.01. The lowest BCUT2D eigenvalue weighted by atomic mass is 9.88. The molecule has 0 aliphatic carbocycles. The molecule has 2 aromatic carbocycles. The van der Waals surface area contributed by atoms with Gasteiger partial charge in [0.1, 0.15) is 22.8 Å². The van der Waals surface area contributed by atoms with E-state index in [1.807, 2.05) is 4.90 Å². The van der Waals surface area contributed by atoms with Gasteiger partial charge in [-0.1, -0.05) is 23.7 Å². The molecule has 1 spiro atoms. The van der Waals surface area contributed by atoms with E-state index in [9.17, 15) is 14.4 Å². The van der Waals surface area contributed by atoms with Crippen molar-refractivity contribution in [3.63, 3.8) is 0 Å². The number of nitrogens with zero attached hydrogens (tertiary/aromatic N) is 4. The van der Waals surface area contributed by atoms with Crippen LogP contribution in [-0.4, -0.2) is 76.7 Å². The van der Waals surface area contributed by atoms with Crippen molar-refractivity contribution in [3.8, 4) is 0 Å². The molecule has 1 aromatic heterocycles. The number of rotatable bonds is 7. The van der Waals surface area contributed by atoms with E-state index in [4.69, 9.17) is 21.1 Å². The number of imidazole rings is 1. The Morgan fingerprint density at radius 2 is 1.73 bits per heavy atom. The molecule has 1 fully saturated rings. The summed E-state index contributed by atoms with van der Waals surface area (Å²) in [6.07, 6.45) is -0.567. The fraction of sp³-hybridized carbons (Fsp3) is 0.419. The van der Waals surface area contributed by atoms with Crippen molar-refractivity contribution >= 4 is 35.2 Å². The van der Waals surface area contributed by atoms with Crippen LogP contribution in [0.1, 0.15) is 58.6 Å². The molecule has 0 saturated carbocycles. The third-order valence-corrected chi connectivity index (χ3v) is 7.91. The van der Waals surface area contributed by atoms with Gasteiger partial charge in [0.15, 0.2) is 5.15 Å². The van der Waals surface area contributed by atoms with Crippen LogP contribution >= 0.6 is 11.6 Å². The van der Waals surface area contributed by atoms with Crippen LogP contribution in [0.25, 0.3) is 0 Å². The normalized spacial score (nSPS) is 15.6. The maximum Gasteiger partial charge on any atom is 0.412 e. The number of amides is 3. The molecule has 1 saturated heterocycles. The van der Waals surface area contributed by atoms with Crippen molar-refractivity contribution in [3.05, 3.63) is 81.4 Å². The summed E-state index contributed by atoms with van der Waals surface area (Å²) in [6, 6.07) is 9.02. The van der Waals surface area contributed by atoms with E-state index in [1.165, 1.54) is 19.0 Å². The number of halogens is 3. The molecule has 0 unspecified atom stereocenters. The first kappa shape index (κ1) is 32.3. The van der Waals surface area contributed by atoms with Crippen molar-refractivity contribution < 1.29 is 32.6 Å². The zero-order valence-corrected chi connectivity index (χ0v) is 26.4. The van der Waals surface area contributed by atoms with Crippen LogP contribution in [0.15, 0.2) is 36.4 Å².